The number of carbonyl (C=O) groups excluding carboxylic acids is 1. The van der Waals surface area contributed by atoms with Crippen molar-refractivity contribution < 1.29 is 14.4 Å². The number of benzene rings is 1. The average molecular weight is 292 g/mol. The Hall–Kier alpha value is -0.810. The zero-order valence-corrected chi connectivity index (χ0v) is 11.8. The molecule has 100 valence electrons. The van der Waals surface area contributed by atoms with Gasteiger partial charge >= 0.3 is 0 Å². The molecule has 0 N–H and O–H groups in total. The predicted molar refractivity (Wildman–Crippen MR) is 70.8 cm³/mol. The topological polar surface area (TPSA) is 38.8 Å². The van der Waals surface area contributed by atoms with Gasteiger partial charge in [-0.15, -0.1) is 0 Å². The molecule has 4 nitrogen and oxygen atoms in total. The van der Waals surface area contributed by atoms with Gasteiger partial charge in [-0.25, -0.2) is 5.06 Å². The fourth-order valence-electron chi connectivity index (χ4n) is 1.40. The molecule has 0 saturated heterocycles. The lowest BCUT2D eigenvalue weighted by molar-refractivity contribution is -0.177. The summed E-state index contributed by atoms with van der Waals surface area (Å²) in [6.07, 6.45) is 0.203. The molecule has 1 rings (SSSR count). The Morgan fingerprint density at radius 1 is 1.28 bits per heavy atom. The maximum atomic E-state index is 11.9. The predicted octanol–water partition coefficient (Wildman–Crippen LogP) is 2.57. The lowest BCUT2D eigenvalue weighted by atomic mass is 10.1. The SMILES string of the molecule is COCCN(OC)C(=O)Cc1ccc(Cl)c(Cl)c1. The molecule has 0 fully saturated rings. The molecule has 0 aromatic heterocycles. The molecule has 0 radical (unpaired) electrons. The lowest BCUT2D eigenvalue weighted by Gasteiger charge is -2.19. The highest BCUT2D eigenvalue weighted by Crippen LogP contribution is 2.22. The monoisotopic (exact) mass is 291 g/mol. The number of amides is 1. The van der Waals surface area contributed by atoms with Crippen LogP contribution < -0.4 is 0 Å². The summed E-state index contributed by atoms with van der Waals surface area (Å²) in [5.74, 6) is -0.159. The molecule has 0 bridgehead atoms. The van der Waals surface area contributed by atoms with Crippen LogP contribution in [0, 0.1) is 0 Å². The second-order valence-corrected chi connectivity index (χ2v) is 4.41. The summed E-state index contributed by atoms with van der Waals surface area (Å²) in [6.45, 7) is 0.800. The molecule has 0 spiro atoms. The van der Waals surface area contributed by atoms with E-state index in [-0.39, 0.29) is 12.3 Å². The van der Waals surface area contributed by atoms with E-state index in [0.29, 0.717) is 23.2 Å². The van der Waals surface area contributed by atoms with Crippen molar-refractivity contribution in [2.45, 2.75) is 6.42 Å². The highest BCUT2D eigenvalue weighted by atomic mass is 35.5. The number of carbonyl (C=O) groups is 1. The second kappa shape index (κ2) is 7.59. The minimum atomic E-state index is -0.159. The number of halogens is 2. The zero-order valence-electron chi connectivity index (χ0n) is 10.3. The van der Waals surface area contributed by atoms with Gasteiger partial charge in [0.15, 0.2) is 0 Å². The molecule has 1 aromatic carbocycles. The minimum absolute atomic E-state index is 0.159. The largest absolute Gasteiger partial charge is 0.383 e. The number of hydrogen-bond acceptors (Lipinski definition) is 3. The van der Waals surface area contributed by atoms with Gasteiger partial charge in [0.2, 0.25) is 0 Å². The van der Waals surface area contributed by atoms with Crippen LogP contribution in [0.15, 0.2) is 18.2 Å². The van der Waals surface area contributed by atoms with Crippen LogP contribution in [0.25, 0.3) is 0 Å². The van der Waals surface area contributed by atoms with Crippen molar-refractivity contribution in [2.24, 2.45) is 0 Å². The summed E-state index contributed by atoms with van der Waals surface area (Å²) in [4.78, 5) is 16.9. The summed E-state index contributed by atoms with van der Waals surface area (Å²) < 4.78 is 4.90. The number of nitrogens with zero attached hydrogens (tertiary/aromatic N) is 1. The van der Waals surface area contributed by atoms with Gasteiger partial charge in [0.1, 0.15) is 0 Å². The Kier molecular flexibility index (Phi) is 6.43. The van der Waals surface area contributed by atoms with Crippen LogP contribution in [0.2, 0.25) is 10.0 Å². The molecule has 0 aliphatic rings. The van der Waals surface area contributed by atoms with E-state index in [1.165, 1.54) is 12.2 Å². The normalized spacial score (nSPS) is 10.4. The van der Waals surface area contributed by atoms with Gasteiger partial charge in [-0.05, 0) is 17.7 Å². The zero-order chi connectivity index (χ0) is 13.5. The first-order valence-corrected chi connectivity index (χ1v) is 6.11. The Bertz CT molecular complexity index is 412. The molecule has 0 heterocycles. The van der Waals surface area contributed by atoms with E-state index >= 15 is 0 Å². The molecule has 18 heavy (non-hydrogen) atoms. The number of ether oxygens (including phenoxy) is 1. The summed E-state index contributed by atoms with van der Waals surface area (Å²) >= 11 is 11.7. The fraction of sp³-hybridized carbons (Fsp3) is 0.417. The van der Waals surface area contributed by atoms with Crippen LogP contribution in [0.4, 0.5) is 0 Å². The van der Waals surface area contributed by atoms with E-state index in [0.717, 1.165) is 5.56 Å². The number of hydrogen-bond donors (Lipinski definition) is 0. The molecule has 0 aliphatic carbocycles. The van der Waals surface area contributed by atoms with Crippen LogP contribution in [0.3, 0.4) is 0 Å². The van der Waals surface area contributed by atoms with Gasteiger partial charge < -0.3 is 4.74 Å². The Labute approximate surface area is 116 Å². The summed E-state index contributed by atoms with van der Waals surface area (Å²) in [6, 6.07) is 5.10. The van der Waals surface area contributed by atoms with Crippen LogP contribution in [0.1, 0.15) is 5.56 Å². The third kappa shape index (κ3) is 4.46. The minimum Gasteiger partial charge on any atom is -0.383 e. The quantitative estimate of drug-likeness (QED) is 0.756. The smallest absolute Gasteiger partial charge is 0.250 e. The molecule has 0 atom stereocenters. The van der Waals surface area contributed by atoms with Crippen LogP contribution in [-0.4, -0.2) is 38.3 Å². The van der Waals surface area contributed by atoms with Crippen LogP contribution >= 0.6 is 23.2 Å². The number of hydroxylamine groups is 2. The molecule has 1 aromatic rings. The van der Waals surface area contributed by atoms with E-state index < -0.39 is 0 Å². The van der Waals surface area contributed by atoms with Crippen LogP contribution in [-0.2, 0) is 20.8 Å². The van der Waals surface area contributed by atoms with Gasteiger partial charge in [0.05, 0.1) is 36.7 Å². The highest BCUT2D eigenvalue weighted by Gasteiger charge is 2.14. The lowest BCUT2D eigenvalue weighted by Crippen LogP contribution is -2.34. The Balaban J connectivity index is 2.64. The molecule has 0 saturated carbocycles. The van der Waals surface area contributed by atoms with Gasteiger partial charge in [-0.2, -0.15) is 0 Å². The van der Waals surface area contributed by atoms with E-state index in [2.05, 4.69) is 0 Å². The molecule has 0 unspecified atom stereocenters. The third-order valence-electron chi connectivity index (χ3n) is 2.34. The molecular weight excluding hydrogens is 277 g/mol. The van der Waals surface area contributed by atoms with Gasteiger partial charge in [-0.3, -0.25) is 9.63 Å². The maximum Gasteiger partial charge on any atom is 0.250 e. The first-order chi connectivity index (χ1) is 8.58. The van der Waals surface area contributed by atoms with E-state index in [9.17, 15) is 4.79 Å². The van der Waals surface area contributed by atoms with Crippen molar-refractivity contribution in [2.75, 3.05) is 27.4 Å². The van der Waals surface area contributed by atoms with Crippen molar-refractivity contribution in [3.63, 3.8) is 0 Å². The number of methoxy groups -OCH3 is 1. The fourth-order valence-corrected chi connectivity index (χ4v) is 1.73. The van der Waals surface area contributed by atoms with Crippen molar-refractivity contribution in [1.82, 2.24) is 5.06 Å². The summed E-state index contributed by atoms with van der Waals surface area (Å²) in [7, 11) is 3.01. The van der Waals surface area contributed by atoms with Crippen LogP contribution in [0.5, 0.6) is 0 Å². The second-order valence-electron chi connectivity index (χ2n) is 3.60. The highest BCUT2D eigenvalue weighted by molar-refractivity contribution is 6.42. The summed E-state index contributed by atoms with van der Waals surface area (Å²) in [5.41, 5.74) is 0.786. The molecule has 1 amide bonds. The van der Waals surface area contributed by atoms with E-state index in [4.69, 9.17) is 32.8 Å². The van der Waals surface area contributed by atoms with Crippen molar-refractivity contribution in [3.8, 4) is 0 Å². The molecular formula is C12H15Cl2NO3. The van der Waals surface area contributed by atoms with E-state index in [1.54, 1.807) is 25.3 Å². The third-order valence-corrected chi connectivity index (χ3v) is 3.08. The van der Waals surface area contributed by atoms with Gasteiger partial charge in [-0.1, -0.05) is 29.3 Å². The number of rotatable bonds is 6. The van der Waals surface area contributed by atoms with Crippen molar-refractivity contribution >= 4 is 29.1 Å². The van der Waals surface area contributed by atoms with E-state index in [1.807, 2.05) is 0 Å². The first-order valence-electron chi connectivity index (χ1n) is 5.35. The van der Waals surface area contributed by atoms with Gasteiger partial charge in [0, 0.05) is 7.11 Å². The summed E-state index contributed by atoms with van der Waals surface area (Å²) in [5, 5.41) is 2.16. The molecule has 0 aliphatic heterocycles. The molecule has 6 heteroatoms. The Morgan fingerprint density at radius 3 is 2.56 bits per heavy atom. The Morgan fingerprint density at radius 2 is 2.00 bits per heavy atom. The average Bonchev–Trinajstić information content (AvgIpc) is 2.35. The van der Waals surface area contributed by atoms with Crippen molar-refractivity contribution in [1.29, 1.82) is 0 Å². The van der Waals surface area contributed by atoms with Gasteiger partial charge in [0.25, 0.3) is 5.91 Å². The first kappa shape index (κ1) is 15.2. The standard InChI is InChI=1S/C12H15Cl2NO3/c1-17-6-5-15(18-2)12(16)8-9-3-4-10(13)11(14)7-9/h3-4,7H,5-6,8H2,1-2H3. The van der Waals surface area contributed by atoms with Crippen molar-refractivity contribution in [3.05, 3.63) is 33.8 Å². The maximum absolute atomic E-state index is 11.9.